The van der Waals surface area contributed by atoms with Crippen molar-refractivity contribution in [3.8, 4) is 17.1 Å². The Morgan fingerprint density at radius 1 is 1.05 bits per heavy atom. The standard InChI is InChI=1S/C16H12Cl2N2O/c17-13-6-5-11(9-14(13)18)16-19-7-8-20(16)10-12-3-1-2-4-15(12)21/h1-9,21H,10H2. The minimum atomic E-state index is 0.270. The number of hydrogen-bond donors (Lipinski definition) is 1. The Labute approximate surface area is 132 Å². The number of phenolic OH excluding ortho intramolecular Hbond substituents is 1. The van der Waals surface area contributed by atoms with E-state index >= 15 is 0 Å². The Kier molecular flexibility index (Phi) is 3.86. The van der Waals surface area contributed by atoms with Crippen molar-refractivity contribution in [1.82, 2.24) is 9.55 Å². The van der Waals surface area contributed by atoms with Crippen LogP contribution in [0.15, 0.2) is 54.9 Å². The number of imidazole rings is 1. The number of halogens is 2. The second kappa shape index (κ2) is 5.80. The third-order valence-corrected chi connectivity index (χ3v) is 3.96. The van der Waals surface area contributed by atoms with Crippen LogP contribution in [-0.2, 0) is 6.54 Å². The highest BCUT2D eigenvalue weighted by Gasteiger charge is 2.10. The van der Waals surface area contributed by atoms with Crippen molar-refractivity contribution < 1.29 is 5.11 Å². The lowest BCUT2D eigenvalue weighted by molar-refractivity contribution is 0.466. The van der Waals surface area contributed by atoms with E-state index in [4.69, 9.17) is 23.2 Å². The summed E-state index contributed by atoms with van der Waals surface area (Å²) in [4.78, 5) is 4.36. The zero-order chi connectivity index (χ0) is 14.8. The molecule has 0 bridgehead atoms. The Balaban J connectivity index is 1.97. The molecule has 0 radical (unpaired) electrons. The Morgan fingerprint density at radius 3 is 2.62 bits per heavy atom. The minimum absolute atomic E-state index is 0.270. The number of nitrogens with zero attached hydrogens (tertiary/aromatic N) is 2. The van der Waals surface area contributed by atoms with Crippen LogP contribution in [-0.4, -0.2) is 14.7 Å². The molecule has 0 aliphatic rings. The number of phenols is 1. The average Bonchev–Trinajstić information content (AvgIpc) is 2.93. The summed E-state index contributed by atoms with van der Waals surface area (Å²) in [7, 11) is 0. The molecule has 0 spiro atoms. The van der Waals surface area contributed by atoms with Gasteiger partial charge in [-0.3, -0.25) is 0 Å². The molecule has 0 fully saturated rings. The second-order valence-electron chi connectivity index (χ2n) is 4.64. The molecular weight excluding hydrogens is 307 g/mol. The van der Waals surface area contributed by atoms with Crippen LogP contribution in [0.25, 0.3) is 11.4 Å². The van der Waals surface area contributed by atoms with Crippen LogP contribution in [0.3, 0.4) is 0 Å². The molecule has 0 amide bonds. The van der Waals surface area contributed by atoms with E-state index in [1.807, 2.05) is 29.0 Å². The first-order valence-corrected chi connectivity index (χ1v) is 7.14. The van der Waals surface area contributed by atoms with E-state index in [0.29, 0.717) is 16.6 Å². The van der Waals surface area contributed by atoms with Crippen LogP contribution in [0.2, 0.25) is 10.0 Å². The van der Waals surface area contributed by atoms with Gasteiger partial charge in [-0.05, 0) is 24.3 Å². The van der Waals surface area contributed by atoms with E-state index in [9.17, 15) is 5.11 Å². The quantitative estimate of drug-likeness (QED) is 0.765. The lowest BCUT2D eigenvalue weighted by atomic mass is 10.2. The van der Waals surface area contributed by atoms with Gasteiger partial charge in [0.2, 0.25) is 0 Å². The molecule has 1 aromatic heterocycles. The van der Waals surface area contributed by atoms with Crippen molar-refractivity contribution in [3.63, 3.8) is 0 Å². The first-order chi connectivity index (χ1) is 10.1. The summed E-state index contributed by atoms with van der Waals surface area (Å²) >= 11 is 12.0. The van der Waals surface area contributed by atoms with E-state index in [0.717, 1.165) is 17.0 Å². The summed E-state index contributed by atoms with van der Waals surface area (Å²) in [6, 6.07) is 12.7. The number of hydrogen-bond acceptors (Lipinski definition) is 2. The maximum absolute atomic E-state index is 9.88. The van der Waals surface area contributed by atoms with Gasteiger partial charge in [-0.15, -0.1) is 0 Å². The predicted octanol–water partition coefficient (Wildman–Crippen LogP) is 4.61. The molecule has 106 valence electrons. The molecule has 21 heavy (non-hydrogen) atoms. The normalized spacial score (nSPS) is 10.8. The molecule has 0 saturated carbocycles. The number of aromatic hydroxyl groups is 1. The van der Waals surface area contributed by atoms with E-state index in [1.54, 1.807) is 30.5 Å². The van der Waals surface area contributed by atoms with Gasteiger partial charge in [0.15, 0.2) is 0 Å². The summed E-state index contributed by atoms with van der Waals surface area (Å²) in [5.74, 6) is 1.04. The number of para-hydroxylation sites is 1. The number of aromatic nitrogens is 2. The summed E-state index contributed by atoms with van der Waals surface area (Å²) < 4.78 is 1.95. The molecular formula is C16H12Cl2N2O. The van der Waals surface area contributed by atoms with E-state index < -0.39 is 0 Å². The van der Waals surface area contributed by atoms with Crippen LogP contribution in [0.1, 0.15) is 5.56 Å². The lowest BCUT2D eigenvalue weighted by Crippen LogP contribution is -2.01. The van der Waals surface area contributed by atoms with Crippen LogP contribution < -0.4 is 0 Å². The van der Waals surface area contributed by atoms with Gasteiger partial charge >= 0.3 is 0 Å². The summed E-state index contributed by atoms with van der Waals surface area (Å²) in [6.07, 6.45) is 3.59. The van der Waals surface area contributed by atoms with Crippen molar-refractivity contribution in [2.45, 2.75) is 6.54 Å². The molecule has 3 rings (SSSR count). The molecule has 3 nitrogen and oxygen atoms in total. The Hall–Kier alpha value is -1.97. The minimum Gasteiger partial charge on any atom is -0.508 e. The zero-order valence-corrected chi connectivity index (χ0v) is 12.5. The summed E-state index contributed by atoms with van der Waals surface area (Å²) in [6.45, 7) is 0.530. The molecule has 0 saturated heterocycles. The van der Waals surface area contributed by atoms with Gasteiger partial charge in [0.25, 0.3) is 0 Å². The molecule has 3 aromatic rings. The fourth-order valence-electron chi connectivity index (χ4n) is 2.16. The second-order valence-corrected chi connectivity index (χ2v) is 5.45. The largest absolute Gasteiger partial charge is 0.508 e. The predicted molar refractivity (Wildman–Crippen MR) is 84.9 cm³/mol. The van der Waals surface area contributed by atoms with Crippen molar-refractivity contribution in [3.05, 3.63) is 70.5 Å². The van der Waals surface area contributed by atoms with E-state index in [1.165, 1.54) is 0 Å². The van der Waals surface area contributed by atoms with Gasteiger partial charge in [0.05, 0.1) is 16.6 Å². The van der Waals surface area contributed by atoms with Crippen molar-refractivity contribution >= 4 is 23.2 Å². The first-order valence-electron chi connectivity index (χ1n) is 6.38. The van der Waals surface area contributed by atoms with Crippen LogP contribution >= 0.6 is 23.2 Å². The summed E-state index contributed by atoms with van der Waals surface area (Å²) in [5.41, 5.74) is 1.71. The van der Waals surface area contributed by atoms with Gasteiger partial charge in [0.1, 0.15) is 11.6 Å². The fourth-order valence-corrected chi connectivity index (χ4v) is 2.46. The first kappa shape index (κ1) is 14.0. The smallest absolute Gasteiger partial charge is 0.140 e. The van der Waals surface area contributed by atoms with Crippen molar-refractivity contribution in [1.29, 1.82) is 0 Å². The summed E-state index contributed by atoms with van der Waals surface area (Å²) in [5, 5.41) is 10.9. The molecule has 2 aromatic carbocycles. The lowest BCUT2D eigenvalue weighted by Gasteiger charge is -2.10. The van der Waals surface area contributed by atoms with Gasteiger partial charge in [-0.2, -0.15) is 0 Å². The maximum Gasteiger partial charge on any atom is 0.140 e. The third kappa shape index (κ3) is 2.89. The van der Waals surface area contributed by atoms with Crippen LogP contribution in [0.5, 0.6) is 5.75 Å². The molecule has 0 aliphatic carbocycles. The zero-order valence-electron chi connectivity index (χ0n) is 11.0. The maximum atomic E-state index is 9.88. The van der Waals surface area contributed by atoms with Gasteiger partial charge < -0.3 is 9.67 Å². The van der Waals surface area contributed by atoms with Gasteiger partial charge in [-0.1, -0.05) is 41.4 Å². The van der Waals surface area contributed by atoms with Gasteiger partial charge in [0, 0.05) is 23.5 Å². The van der Waals surface area contributed by atoms with E-state index in [-0.39, 0.29) is 5.75 Å². The highest BCUT2D eigenvalue weighted by molar-refractivity contribution is 6.42. The highest BCUT2D eigenvalue weighted by Crippen LogP contribution is 2.28. The Morgan fingerprint density at radius 2 is 1.86 bits per heavy atom. The topological polar surface area (TPSA) is 38.0 Å². The van der Waals surface area contributed by atoms with Crippen molar-refractivity contribution in [2.75, 3.05) is 0 Å². The molecule has 0 aliphatic heterocycles. The van der Waals surface area contributed by atoms with Crippen LogP contribution in [0.4, 0.5) is 0 Å². The molecule has 0 unspecified atom stereocenters. The van der Waals surface area contributed by atoms with Gasteiger partial charge in [-0.25, -0.2) is 4.98 Å². The third-order valence-electron chi connectivity index (χ3n) is 3.23. The number of benzene rings is 2. The highest BCUT2D eigenvalue weighted by atomic mass is 35.5. The monoisotopic (exact) mass is 318 g/mol. The van der Waals surface area contributed by atoms with Crippen molar-refractivity contribution in [2.24, 2.45) is 0 Å². The van der Waals surface area contributed by atoms with E-state index in [2.05, 4.69) is 4.98 Å². The fraction of sp³-hybridized carbons (Fsp3) is 0.0625. The average molecular weight is 319 g/mol. The van der Waals surface area contributed by atoms with Crippen LogP contribution in [0, 0.1) is 0 Å². The number of rotatable bonds is 3. The molecule has 5 heteroatoms. The Bertz CT molecular complexity index is 783. The molecule has 1 heterocycles. The molecule has 1 N–H and O–H groups in total. The molecule has 0 atom stereocenters. The SMILES string of the molecule is Oc1ccccc1Cn1ccnc1-c1ccc(Cl)c(Cl)c1.